The molecule has 5 heteroatoms. The average Bonchev–Trinajstić information content (AvgIpc) is 2.39. The van der Waals surface area contributed by atoms with Crippen molar-refractivity contribution >= 4 is 49.7 Å². The highest BCUT2D eigenvalue weighted by Gasteiger charge is 2.15. The van der Waals surface area contributed by atoms with Crippen LogP contribution >= 0.6 is 28.1 Å². The fraction of sp³-hybridized carbons (Fsp3) is 0.333. The summed E-state index contributed by atoms with van der Waals surface area (Å²) in [5.74, 6) is 0.982. The van der Waals surface area contributed by atoms with Crippen LogP contribution in [0.1, 0.15) is 20.3 Å². The maximum atomic E-state index is 5.63. The Morgan fingerprint density at radius 3 is 2.75 bits per heavy atom. The maximum absolute atomic E-state index is 5.63. The Labute approximate surface area is 133 Å². The Bertz CT molecular complexity index is 628. The van der Waals surface area contributed by atoms with Gasteiger partial charge in [-0.2, -0.15) is 0 Å². The summed E-state index contributed by atoms with van der Waals surface area (Å²) in [6.45, 7) is 5.09. The zero-order chi connectivity index (χ0) is 14.7. The number of rotatable bonds is 5. The SMILES string of the molecule is CC(C)N(CCC(N)=S)c1nccc2c(Br)cccc12. The van der Waals surface area contributed by atoms with Gasteiger partial charge in [0.05, 0.1) is 4.99 Å². The predicted molar refractivity (Wildman–Crippen MR) is 93.3 cm³/mol. The van der Waals surface area contributed by atoms with Crippen LogP contribution in [0.15, 0.2) is 34.9 Å². The van der Waals surface area contributed by atoms with Crippen LogP contribution < -0.4 is 10.6 Å². The lowest BCUT2D eigenvalue weighted by Gasteiger charge is -2.29. The molecule has 0 saturated carbocycles. The van der Waals surface area contributed by atoms with Gasteiger partial charge in [0.15, 0.2) is 0 Å². The molecular formula is C15H18BrN3S. The lowest BCUT2D eigenvalue weighted by molar-refractivity contribution is 0.684. The first-order valence-electron chi connectivity index (χ1n) is 6.59. The van der Waals surface area contributed by atoms with E-state index in [2.05, 4.69) is 45.7 Å². The first-order valence-corrected chi connectivity index (χ1v) is 7.79. The Balaban J connectivity index is 2.48. The van der Waals surface area contributed by atoms with Crippen LogP contribution in [-0.4, -0.2) is 22.6 Å². The summed E-state index contributed by atoms with van der Waals surface area (Å²) in [6, 6.07) is 8.53. The highest BCUT2D eigenvalue weighted by atomic mass is 79.9. The van der Waals surface area contributed by atoms with Gasteiger partial charge in [-0.3, -0.25) is 0 Å². The first kappa shape index (κ1) is 15.2. The van der Waals surface area contributed by atoms with Gasteiger partial charge in [-0.25, -0.2) is 4.98 Å². The van der Waals surface area contributed by atoms with E-state index in [1.807, 2.05) is 24.4 Å². The predicted octanol–water partition coefficient (Wildman–Crippen LogP) is 3.89. The van der Waals surface area contributed by atoms with Crippen LogP contribution in [0.2, 0.25) is 0 Å². The molecule has 20 heavy (non-hydrogen) atoms. The number of pyridine rings is 1. The minimum absolute atomic E-state index is 0.335. The molecule has 0 fully saturated rings. The largest absolute Gasteiger partial charge is 0.393 e. The summed E-state index contributed by atoms with van der Waals surface area (Å²) >= 11 is 8.58. The molecule has 0 unspecified atom stereocenters. The number of aromatic nitrogens is 1. The summed E-state index contributed by atoms with van der Waals surface area (Å²) in [7, 11) is 0. The van der Waals surface area contributed by atoms with Gasteiger partial charge in [0.1, 0.15) is 5.82 Å². The fourth-order valence-corrected chi connectivity index (χ4v) is 2.81. The Morgan fingerprint density at radius 2 is 2.10 bits per heavy atom. The summed E-state index contributed by atoms with van der Waals surface area (Å²) in [5, 5.41) is 2.30. The summed E-state index contributed by atoms with van der Waals surface area (Å²) in [5.41, 5.74) is 5.63. The van der Waals surface area contributed by atoms with Crippen molar-refractivity contribution in [2.45, 2.75) is 26.3 Å². The van der Waals surface area contributed by atoms with Gasteiger partial charge in [0.25, 0.3) is 0 Å². The smallest absolute Gasteiger partial charge is 0.136 e. The van der Waals surface area contributed by atoms with Crippen molar-refractivity contribution in [3.05, 3.63) is 34.9 Å². The second-order valence-electron chi connectivity index (χ2n) is 4.97. The topological polar surface area (TPSA) is 42.1 Å². The van der Waals surface area contributed by atoms with Crippen molar-refractivity contribution < 1.29 is 0 Å². The molecule has 3 nitrogen and oxygen atoms in total. The van der Waals surface area contributed by atoms with Gasteiger partial charge in [-0.15, -0.1) is 0 Å². The Hall–Kier alpha value is -1.20. The van der Waals surface area contributed by atoms with E-state index in [1.54, 1.807) is 0 Å². The van der Waals surface area contributed by atoms with Crippen molar-refractivity contribution in [3.8, 4) is 0 Å². The molecule has 0 spiro atoms. The highest BCUT2D eigenvalue weighted by molar-refractivity contribution is 9.10. The molecule has 0 radical (unpaired) electrons. The Morgan fingerprint density at radius 1 is 1.35 bits per heavy atom. The second-order valence-corrected chi connectivity index (χ2v) is 6.35. The molecule has 2 aromatic rings. The quantitative estimate of drug-likeness (QED) is 0.829. The van der Waals surface area contributed by atoms with E-state index >= 15 is 0 Å². The molecule has 1 aromatic heterocycles. The molecule has 0 bridgehead atoms. The van der Waals surface area contributed by atoms with Crippen molar-refractivity contribution in [3.63, 3.8) is 0 Å². The van der Waals surface area contributed by atoms with E-state index in [0.29, 0.717) is 17.5 Å². The van der Waals surface area contributed by atoms with Crippen molar-refractivity contribution in [1.29, 1.82) is 0 Å². The van der Waals surface area contributed by atoms with Gasteiger partial charge in [-0.05, 0) is 26.0 Å². The highest BCUT2D eigenvalue weighted by Crippen LogP contribution is 2.30. The molecular weight excluding hydrogens is 334 g/mol. The van der Waals surface area contributed by atoms with E-state index in [4.69, 9.17) is 18.0 Å². The van der Waals surface area contributed by atoms with Gasteiger partial charge in [-0.1, -0.05) is 40.3 Å². The number of anilines is 1. The van der Waals surface area contributed by atoms with Crippen LogP contribution in [0.3, 0.4) is 0 Å². The van der Waals surface area contributed by atoms with Gasteiger partial charge in [0.2, 0.25) is 0 Å². The molecule has 1 heterocycles. The number of nitrogens with two attached hydrogens (primary N) is 1. The number of hydrogen-bond donors (Lipinski definition) is 1. The summed E-state index contributed by atoms with van der Waals surface area (Å²) in [4.78, 5) is 7.35. The molecule has 106 valence electrons. The second kappa shape index (κ2) is 6.50. The van der Waals surface area contributed by atoms with Crippen molar-refractivity contribution in [1.82, 2.24) is 4.98 Å². The minimum atomic E-state index is 0.335. The van der Waals surface area contributed by atoms with E-state index in [9.17, 15) is 0 Å². The minimum Gasteiger partial charge on any atom is -0.393 e. The number of nitrogens with zero attached hydrogens (tertiary/aromatic N) is 2. The normalized spacial score (nSPS) is 11.0. The monoisotopic (exact) mass is 351 g/mol. The molecule has 0 aliphatic carbocycles. The molecule has 1 aromatic carbocycles. The molecule has 0 aliphatic rings. The van der Waals surface area contributed by atoms with E-state index in [0.717, 1.165) is 22.2 Å². The van der Waals surface area contributed by atoms with E-state index < -0.39 is 0 Å². The fourth-order valence-electron chi connectivity index (χ4n) is 2.22. The van der Waals surface area contributed by atoms with Gasteiger partial charge in [0, 0.05) is 40.4 Å². The zero-order valence-electron chi connectivity index (χ0n) is 11.6. The number of halogens is 1. The Kier molecular flexibility index (Phi) is 4.94. The van der Waals surface area contributed by atoms with Crippen molar-refractivity contribution in [2.75, 3.05) is 11.4 Å². The summed E-state index contributed by atoms with van der Waals surface area (Å²) < 4.78 is 1.08. The lowest BCUT2D eigenvalue weighted by Crippen LogP contribution is -2.34. The number of hydrogen-bond acceptors (Lipinski definition) is 3. The van der Waals surface area contributed by atoms with Crippen LogP contribution in [0.25, 0.3) is 10.8 Å². The summed E-state index contributed by atoms with van der Waals surface area (Å²) in [6.07, 6.45) is 2.54. The standard InChI is InChI=1S/C15H18BrN3S/c1-10(2)19(9-7-14(17)20)15-12-4-3-5-13(16)11(12)6-8-18-15/h3-6,8,10H,7,9H2,1-2H3,(H2,17,20). The molecule has 0 aliphatic heterocycles. The molecule has 2 N–H and O–H groups in total. The molecule has 0 amide bonds. The van der Waals surface area contributed by atoms with E-state index in [1.165, 1.54) is 5.39 Å². The number of fused-ring (bicyclic) bond motifs is 1. The van der Waals surface area contributed by atoms with Crippen LogP contribution in [0.5, 0.6) is 0 Å². The van der Waals surface area contributed by atoms with Crippen LogP contribution in [0, 0.1) is 0 Å². The first-order chi connectivity index (χ1) is 9.50. The van der Waals surface area contributed by atoms with Crippen LogP contribution in [-0.2, 0) is 0 Å². The number of benzene rings is 1. The average molecular weight is 352 g/mol. The van der Waals surface area contributed by atoms with Gasteiger partial charge >= 0.3 is 0 Å². The zero-order valence-corrected chi connectivity index (χ0v) is 14.0. The third-order valence-corrected chi connectivity index (χ3v) is 4.12. The molecule has 0 saturated heterocycles. The maximum Gasteiger partial charge on any atom is 0.136 e. The number of thiocarbonyl (C=S) groups is 1. The molecule has 2 rings (SSSR count). The van der Waals surface area contributed by atoms with Crippen molar-refractivity contribution in [2.24, 2.45) is 5.73 Å². The third kappa shape index (κ3) is 3.27. The van der Waals surface area contributed by atoms with E-state index in [-0.39, 0.29) is 0 Å². The lowest BCUT2D eigenvalue weighted by atomic mass is 10.1. The van der Waals surface area contributed by atoms with Crippen LogP contribution in [0.4, 0.5) is 5.82 Å². The molecule has 0 atom stereocenters. The van der Waals surface area contributed by atoms with Gasteiger partial charge < -0.3 is 10.6 Å². The third-order valence-electron chi connectivity index (χ3n) is 3.23.